The van der Waals surface area contributed by atoms with Crippen molar-refractivity contribution in [3.63, 3.8) is 0 Å². The number of hydrogen-bond donors (Lipinski definition) is 0. The molecule has 1 aliphatic rings. The maximum atomic E-state index is 12.8. The predicted octanol–water partition coefficient (Wildman–Crippen LogP) is 6.37. The first-order valence-corrected chi connectivity index (χ1v) is 10.2. The summed E-state index contributed by atoms with van der Waals surface area (Å²) in [6.07, 6.45) is 0.172. The molecule has 3 rings (SSSR count). The zero-order valence-electron chi connectivity index (χ0n) is 15.8. The zero-order chi connectivity index (χ0) is 20.6. The number of hydrogen-bond acceptors (Lipinski definition) is 3. The fraction of sp³-hybridized carbons (Fsp3) is 0.381. The third-order valence-electron chi connectivity index (χ3n) is 4.85. The molecular formula is C21H21BrClF2NO2. The van der Waals surface area contributed by atoms with Crippen molar-refractivity contribution in [2.75, 3.05) is 11.4 Å². The molecule has 0 fully saturated rings. The maximum absolute atomic E-state index is 12.8. The molecule has 28 heavy (non-hydrogen) atoms. The second kappa shape index (κ2) is 7.99. The van der Waals surface area contributed by atoms with E-state index in [0.717, 1.165) is 16.7 Å². The number of Topliss-reactive ketones (excluding diaryl/α,β-unsaturated/α-hetero) is 1. The van der Waals surface area contributed by atoms with Crippen LogP contribution in [-0.2, 0) is 6.42 Å². The average Bonchev–Trinajstić information content (AvgIpc) is 2.93. The van der Waals surface area contributed by atoms with Crippen molar-refractivity contribution in [3.8, 4) is 5.75 Å². The number of ether oxygens (including phenoxy) is 1. The van der Waals surface area contributed by atoms with Crippen molar-refractivity contribution >= 4 is 39.0 Å². The molecule has 0 N–H and O–H groups in total. The van der Waals surface area contributed by atoms with Gasteiger partial charge in [0.2, 0.25) is 0 Å². The Kier molecular flexibility index (Phi) is 6.01. The first kappa shape index (κ1) is 21.1. The summed E-state index contributed by atoms with van der Waals surface area (Å²) in [6, 6.07) is 10.1. The van der Waals surface area contributed by atoms with E-state index in [4.69, 9.17) is 11.6 Å². The smallest absolute Gasteiger partial charge is 0.420 e. The lowest BCUT2D eigenvalue weighted by atomic mass is 9.97. The highest BCUT2D eigenvalue weighted by atomic mass is 79.9. The molecule has 0 aromatic heterocycles. The summed E-state index contributed by atoms with van der Waals surface area (Å²) in [5.74, 6) is 0.254. The molecular weight excluding hydrogens is 452 g/mol. The molecule has 150 valence electrons. The van der Waals surface area contributed by atoms with Gasteiger partial charge < -0.3 is 9.64 Å². The van der Waals surface area contributed by atoms with Crippen LogP contribution in [0.2, 0.25) is 0 Å². The minimum absolute atomic E-state index is 0.0324. The molecule has 1 unspecified atom stereocenters. The first-order valence-electron chi connectivity index (χ1n) is 9.03. The minimum atomic E-state index is -3.76. The lowest BCUT2D eigenvalue weighted by Crippen LogP contribution is -2.29. The predicted molar refractivity (Wildman–Crippen MR) is 111 cm³/mol. The Morgan fingerprint density at radius 2 is 1.96 bits per heavy atom. The van der Waals surface area contributed by atoms with Crippen LogP contribution in [0.4, 0.5) is 14.5 Å². The summed E-state index contributed by atoms with van der Waals surface area (Å²) < 4.78 is 30.6. The highest BCUT2D eigenvalue weighted by molar-refractivity contribution is 9.10. The van der Waals surface area contributed by atoms with Crippen LogP contribution < -0.4 is 9.64 Å². The molecule has 1 heterocycles. The van der Waals surface area contributed by atoms with Gasteiger partial charge in [-0.3, -0.25) is 4.79 Å². The van der Waals surface area contributed by atoms with Crippen molar-refractivity contribution in [2.45, 2.75) is 44.7 Å². The standard InChI is InChI=1S/C21H21BrClF2NO2/c1-12(2)26-11-13(3)17-9-15(10-18(22)20(17)26)19(27)8-14-4-6-16(7-5-14)28-21(23,24)25/h4-7,9-10,12-13H,8,11H2,1-3H3. The number of fused-ring (bicyclic) bond motifs is 1. The van der Waals surface area contributed by atoms with Gasteiger partial charge >= 0.3 is 5.57 Å². The van der Waals surface area contributed by atoms with E-state index < -0.39 is 5.57 Å². The van der Waals surface area contributed by atoms with Crippen molar-refractivity contribution in [3.05, 3.63) is 57.6 Å². The second-order valence-electron chi connectivity index (χ2n) is 7.33. The second-order valence-corrected chi connectivity index (χ2v) is 8.63. The van der Waals surface area contributed by atoms with Crippen LogP contribution in [0.1, 0.15) is 48.2 Å². The number of benzene rings is 2. The van der Waals surface area contributed by atoms with Crippen LogP contribution in [-0.4, -0.2) is 23.9 Å². The number of anilines is 1. The van der Waals surface area contributed by atoms with Gasteiger partial charge in [0.1, 0.15) is 5.75 Å². The highest BCUT2D eigenvalue weighted by Gasteiger charge is 2.30. The first-order chi connectivity index (χ1) is 13.0. The van der Waals surface area contributed by atoms with Crippen LogP contribution in [0.25, 0.3) is 0 Å². The fourth-order valence-corrected chi connectivity index (χ4v) is 4.30. The van der Waals surface area contributed by atoms with Gasteiger partial charge in [0.15, 0.2) is 5.78 Å². The number of nitrogens with zero attached hydrogens (tertiary/aromatic N) is 1. The topological polar surface area (TPSA) is 29.5 Å². The number of halogens is 4. The van der Waals surface area contributed by atoms with E-state index in [1.807, 2.05) is 12.1 Å². The summed E-state index contributed by atoms with van der Waals surface area (Å²) in [4.78, 5) is 15.1. The molecule has 0 radical (unpaired) electrons. The quantitative estimate of drug-likeness (QED) is 0.361. The number of alkyl halides is 3. The van der Waals surface area contributed by atoms with Gasteiger partial charge in [0.25, 0.3) is 0 Å². The van der Waals surface area contributed by atoms with Gasteiger partial charge in [-0.05, 0) is 65.2 Å². The molecule has 2 aromatic carbocycles. The Bertz CT molecular complexity index is 881. The largest absolute Gasteiger partial charge is 0.487 e. The van der Waals surface area contributed by atoms with Crippen molar-refractivity contribution in [1.82, 2.24) is 0 Å². The molecule has 0 bridgehead atoms. The van der Waals surface area contributed by atoms with Gasteiger partial charge in [0.05, 0.1) is 5.69 Å². The van der Waals surface area contributed by atoms with E-state index in [0.29, 0.717) is 23.1 Å². The molecule has 0 spiro atoms. The van der Waals surface area contributed by atoms with Crippen LogP contribution in [0, 0.1) is 0 Å². The van der Waals surface area contributed by atoms with Crippen molar-refractivity contribution in [2.24, 2.45) is 0 Å². The molecule has 2 aromatic rings. The van der Waals surface area contributed by atoms with Crippen LogP contribution in [0.15, 0.2) is 40.9 Å². The molecule has 0 aliphatic carbocycles. The van der Waals surface area contributed by atoms with Crippen molar-refractivity contribution < 1.29 is 18.3 Å². The van der Waals surface area contributed by atoms with Gasteiger partial charge in [-0.25, -0.2) is 0 Å². The lowest BCUT2D eigenvalue weighted by Gasteiger charge is -2.25. The van der Waals surface area contributed by atoms with Crippen molar-refractivity contribution in [1.29, 1.82) is 0 Å². The number of ketones is 1. The minimum Gasteiger partial charge on any atom is -0.420 e. The fourth-order valence-electron chi connectivity index (χ4n) is 3.51. The monoisotopic (exact) mass is 471 g/mol. The molecule has 7 heteroatoms. The van der Waals surface area contributed by atoms with E-state index >= 15 is 0 Å². The SMILES string of the molecule is CC1CN(C(C)C)c2c(Br)cc(C(=O)Cc3ccc(OC(F)(F)Cl)cc3)cc21. The molecule has 1 aliphatic heterocycles. The van der Waals surface area contributed by atoms with Crippen LogP contribution >= 0.6 is 27.5 Å². The number of carbonyl (C=O) groups excluding carboxylic acids is 1. The Labute approximate surface area is 176 Å². The normalized spacial score (nSPS) is 16.4. The summed E-state index contributed by atoms with van der Waals surface area (Å²) in [5.41, 5.74) is -0.0873. The number of carbonyl (C=O) groups is 1. The third kappa shape index (κ3) is 4.66. The van der Waals surface area contributed by atoms with Crippen LogP contribution in [0.3, 0.4) is 0 Å². The zero-order valence-corrected chi connectivity index (χ0v) is 18.2. The summed E-state index contributed by atoms with van der Waals surface area (Å²) in [7, 11) is 0. The lowest BCUT2D eigenvalue weighted by molar-refractivity contribution is -0.0964. The summed E-state index contributed by atoms with van der Waals surface area (Å²) in [6.45, 7) is 7.39. The van der Waals surface area contributed by atoms with E-state index in [-0.39, 0.29) is 18.0 Å². The third-order valence-corrected chi connectivity index (χ3v) is 5.53. The Morgan fingerprint density at radius 1 is 1.32 bits per heavy atom. The molecule has 3 nitrogen and oxygen atoms in total. The average molecular weight is 473 g/mol. The van der Waals surface area contributed by atoms with Gasteiger partial charge in [-0.1, -0.05) is 19.1 Å². The van der Waals surface area contributed by atoms with E-state index in [1.165, 1.54) is 17.7 Å². The molecule has 1 atom stereocenters. The van der Waals surface area contributed by atoms with Gasteiger partial charge in [-0.15, -0.1) is 8.78 Å². The van der Waals surface area contributed by atoms with Gasteiger partial charge in [-0.2, -0.15) is 0 Å². The van der Waals surface area contributed by atoms with E-state index in [1.54, 1.807) is 12.1 Å². The Balaban J connectivity index is 1.79. The molecule has 0 saturated carbocycles. The number of rotatable bonds is 6. The molecule has 0 amide bonds. The maximum Gasteiger partial charge on any atom is 0.487 e. The van der Waals surface area contributed by atoms with E-state index in [2.05, 4.69) is 46.3 Å². The Hall–Kier alpha value is -1.66. The van der Waals surface area contributed by atoms with Crippen LogP contribution in [0.5, 0.6) is 5.75 Å². The highest BCUT2D eigenvalue weighted by Crippen LogP contribution is 2.43. The van der Waals surface area contributed by atoms with Gasteiger partial charge in [0, 0.05) is 46.6 Å². The summed E-state index contributed by atoms with van der Waals surface area (Å²) >= 11 is 8.39. The Morgan fingerprint density at radius 3 is 2.54 bits per heavy atom. The molecule has 0 saturated heterocycles. The summed E-state index contributed by atoms with van der Waals surface area (Å²) in [5, 5.41) is 0. The van der Waals surface area contributed by atoms with E-state index in [9.17, 15) is 13.6 Å².